The third-order valence-electron chi connectivity index (χ3n) is 5.51. The molecule has 1 N–H and O–H groups in total. The lowest BCUT2D eigenvalue weighted by atomic mass is 9.94. The molecule has 1 aromatic heterocycles. The predicted octanol–water partition coefficient (Wildman–Crippen LogP) is 4.33. The highest BCUT2D eigenvalue weighted by atomic mass is 35.5. The molecule has 172 valence electrons. The Morgan fingerprint density at radius 2 is 1.85 bits per heavy atom. The van der Waals surface area contributed by atoms with E-state index in [1.807, 2.05) is 0 Å². The van der Waals surface area contributed by atoms with Gasteiger partial charge >= 0.3 is 0 Å². The maximum absolute atomic E-state index is 13.5. The Kier molecular flexibility index (Phi) is 6.31. The molecule has 2 heterocycles. The molecule has 0 saturated heterocycles. The first-order valence-electron chi connectivity index (χ1n) is 10.1. The zero-order valence-corrected chi connectivity index (χ0v) is 19.0. The summed E-state index contributed by atoms with van der Waals surface area (Å²) < 4.78 is 21.5. The first kappa shape index (κ1) is 22.7. The fourth-order valence-electron chi connectivity index (χ4n) is 3.93. The van der Waals surface area contributed by atoms with Gasteiger partial charge in [-0.25, -0.2) is 0 Å². The minimum atomic E-state index is -0.878. The maximum Gasteiger partial charge on any atom is 0.290 e. The first-order valence-corrected chi connectivity index (χ1v) is 10.5. The molecule has 0 saturated carbocycles. The SMILES string of the molecule is COCCN1C(=O)C(O)=C(C(=O)c2cc3cc(Cl)ccc3o2)C1c1ccc(OC)c(OC)c1. The number of ether oxygens (including phenoxy) is 3. The quantitative estimate of drug-likeness (QED) is 0.488. The number of halogens is 1. The first-order chi connectivity index (χ1) is 15.9. The second kappa shape index (κ2) is 9.17. The van der Waals surface area contributed by atoms with Crippen LogP contribution in [0.15, 0.2) is 58.2 Å². The van der Waals surface area contributed by atoms with Crippen molar-refractivity contribution in [2.45, 2.75) is 6.04 Å². The van der Waals surface area contributed by atoms with Crippen LogP contribution in [-0.4, -0.2) is 56.2 Å². The van der Waals surface area contributed by atoms with E-state index in [-0.39, 0.29) is 24.5 Å². The van der Waals surface area contributed by atoms with Crippen LogP contribution >= 0.6 is 11.6 Å². The number of carbonyl (C=O) groups is 2. The van der Waals surface area contributed by atoms with Gasteiger partial charge in [0.05, 0.1) is 32.4 Å². The number of methoxy groups -OCH3 is 3. The Labute approximate surface area is 194 Å². The second-order valence-corrected chi connectivity index (χ2v) is 7.83. The van der Waals surface area contributed by atoms with Crippen LogP contribution in [0.2, 0.25) is 5.02 Å². The van der Waals surface area contributed by atoms with Crippen molar-refractivity contribution in [3.05, 3.63) is 70.1 Å². The zero-order valence-electron chi connectivity index (χ0n) is 18.3. The van der Waals surface area contributed by atoms with Crippen LogP contribution in [0.4, 0.5) is 0 Å². The fourth-order valence-corrected chi connectivity index (χ4v) is 4.11. The molecule has 1 aliphatic heterocycles. The Morgan fingerprint density at radius 3 is 2.55 bits per heavy atom. The largest absolute Gasteiger partial charge is 0.503 e. The molecule has 0 spiro atoms. The second-order valence-electron chi connectivity index (χ2n) is 7.39. The summed E-state index contributed by atoms with van der Waals surface area (Å²) in [6.45, 7) is 0.373. The van der Waals surface area contributed by atoms with E-state index in [1.165, 1.54) is 32.3 Å². The van der Waals surface area contributed by atoms with Gasteiger partial charge < -0.3 is 28.6 Å². The van der Waals surface area contributed by atoms with Crippen LogP contribution in [0.5, 0.6) is 11.5 Å². The van der Waals surface area contributed by atoms with Crippen molar-refractivity contribution in [3.8, 4) is 11.5 Å². The standard InChI is InChI=1S/C24H22ClNO7/c1-30-9-8-26-21(13-4-6-17(31-2)18(11-13)32-3)20(23(28)24(26)29)22(27)19-12-14-10-15(25)5-7-16(14)33-19/h4-7,10-12,21,28H,8-9H2,1-3H3. The normalized spacial score (nSPS) is 16.1. The molecule has 0 radical (unpaired) electrons. The van der Waals surface area contributed by atoms with Crippen LogP contribution < -0.4 is 9.47 Å². The van der Waals surface area contributed by atoms with E-state index >= 15 is 0 Å². The summed E-state index contributed by atoms with van der Waals surface area (Å²) >= 11 is 6.04. The van der Waals surface area contributed by atoms with Crippen molar-refractivity contribution >= 4 is 34.3 Å². The number of hydrogen-bond acceptors (Lipinski definition) is 7. The third-order valence-corrected chi connectivity index (χ3v) is 5.75. The minimum absolute atomic E-state index is 0.0133. The van der Waals surface area contributed by atoms with E-state index in [9.17, 15) is 14.7 Å². The van der Waals surface area contributed by atoms with E-state index in [2.05, 4.69) is 0 Å². The molecule has 1 unspecified atom stereocenters. The van der Waals surface area contributed by atoms with E-state index in [4.69, 9.17) is 30.2 Å². The van der Waals surface area contributed by atoms with Crippen LogP contribution in [0.1, 0.15) is 22.2 Å². The topological polar surface area (TPSA) is 98.4 Å². The van der Waals surface area contributed by atoms with E-state index in [0.717, 1.165) is 0 Å². The van der Waals surface area contributed by atoms with Gasteiger partial charge in [0.25, 0.3) is 5.91 Å². The van der Waals surface area contributed by atoms with Crippen LogP contribution in [0.3, 0.4) is 0 Å². The van der Waals surface area contributed by atoms with Crippen LogP contribution in [-0.2, 0) is 9.53 Å². The highest BCUT2D eigenvalue weighted by molar-refractivity contribution is 6.31. The molecule has 1 aliphatic rings. The number of aliphatic hydroxyl groups is 1. The van der Waals surface area contributed by atoms with Crippen molar-refractivity contribution < 1.29 is 33.3 Å². The third kappa shape index (κ3) is 4.03. The van der Waals surface area contributed by atoms with E-state index < -0.39 is 23.5 Å². The molecular formula is C24H22ClNO7. The van der Waals surface area contributed by atoms with E-state index in [0.29, 0.717) is 33.1 Å². The number of rotatable bonds is 8. The Morgan fingerprint density at radius 1 is 1.09 bits per heavy atom. The summed E-state index contributed by atoms with van der Waals surface area (Å²) in [4.78, 5) is 27.9. The van der Waals surface area contributed by atoms with Gasteiger partial charge in [-0.2, -0.15) is 0 Å². The minimum Gasteiger partial charge on any atom is -0.503 e. The number of Topliss-reactive ketones (excluding diaryl/α,β-unsaturated/α-hetero) is 1. The number of benzene rings is 2. The van der Waals surface area contributed by atoms with Crippen LogP contribution in [0, 0.1) is 0 Å². The van der Waals surface area contributed by atoms with Crippen molar-refractivity contribution in [2.75, 3.05) is 34.5 Å². The number of carbonyl (C=O) groups excluding carboxylic acids is 2. The highest BCUT2D eigenvalue weighted by Gasteiger charge is 2.44. The average Bonchev–Trinajstić information content (AvgIpc) is 3.35. The number of amides is 1. The molecule has 0 fully saturated rings. The number of ketones is 1. The number of nitrogens with zero attached hydrogens (tertiary/aromatic N) is 1. The smallest absolute Gasteiger partial charge is 0.290 e. The van der Waals surface area contributed by atoms with Crippen LogP contribution in [0.25, 0.3) is 11.0 Å². The molecule has 2 aromatic carbocycles. The number of aliphatic hydroxyl groups excluding tert-OH is 1. The van der Waals surface area contributed by atoms with E-state index in [1.54, 1.807) is 36.4 Å². The molecule has 4 rings (SSSR count). The molecule has 8 nitrogen and oxygen atoms in total. The van der Waals surface area contributed by atoms with Gasteiger partial charge in [0, 0.05) is 24.1 Å². The lowest BCUT2D eigenvalue weighted by Crippen LogP contribution is -2.34. The molecule has 0 bridgehead atoms. The monoisotopic (exact) mass is 471 g/mol. The Balaban J connectivity index is 1.82. The summed E-state index contributed by atoms with van der Waals surface area (Å²) in [6, 6.07) is 10.7. The van der Waals surface area contributed by atoms with Gasteiger partial charge in [0.2, 0.25) is 5.78 Å². The van der Waals surface area contributed by atoms with Crippen molar-refractivity contribution in [3.63, 3.8) is 0 Å². The van der Waals surface area contributed by atoms with Gasteiger partial charge in [-0.05, 0) is 42.0 Å². The van der Waals surface area contributed by atoms with Crippen molar-refractivity contribution in [1.29, 1.82) is 0 Å². The van der Waals surface area contributed by atoms with Gasteiger partial charge in [0.1, 0.15) is 5.58 Å². The summed E-state index contributed by atoms with van der Waals surface area (Å²) in [6.07, 6.45) is 0. The lowest BCUT2D eigenvalue weighted by molar-refractivity contribution is -0.130. The molecule has 1 atom stereocenters. The molecule has 9 heteroatoms. The molecule has 0 aliphatic carbocycles. The predicted molar refractivity (Wildman–Crippen MR) is 121 cm³/mol. The molecular weight excluding hydrogens is 450 g/mol. The van der Waals surface area contributed by atoms with Crippen molar-refractivity contribution in [2.24, 2.45) is 0 Å². The average molecular weight is 472 g/mol. The molecule has 1 amide bonds. The molecule has 33 heavy (non-hydrogen) atoms. The summed E-state index contributed by atoms with van der Waals surface area (Å²) in [5.74, 6) is -1.01. The fraction of sp³-hybridized carbons (Fsp3) is 0.250. The number of furan rings is 1. The maximum atomic E-state index is 13.5. The lowest BCUT2D eigenvalue weighted by Gasteiger charge is -2.27. The van der Waals surface area contributed by atoms with Gasteiger partial charge in [-0.15, -0.1) is 0 Å². The van der Waals surface area contributed by atoms with Gasteiger partial charge in [-0.3, -0.25) is 9.59 Å². The summed E-state index contributed by atoms with van der Waals surface area (Å²) in [5, 5.41) is 11.9. The Hall–Kier alpha value is -3.49. The Bertz CT molecular complexity index is 1260. The summed E-state index contributed by atoms with van der Waals surface area (Å²) in [5.41, 5.74) is 0.934. The van der Waals surface area contributed by atoms with Gasteiger partial charge in [0.15, 0.2) is 23.0 Å². The number of fused-ring (bicyclic) bond motifs is 1. The van der Waals surface area contributed by atoms with Crippen molar-refractivity contribution in [1.82, 2.24) is 4.90 Å². The highest BCUT2D eigenvalue weighted by Crippen LogP contribution is 2.42. The number of hydrogen-bond donors (Lipinski definition) is 1. The zero-order chi connectivity index (χ0) is 23.7. The molecule has 3 aromatic rings. The van der Waals surface area contributed by atoms with Gasteiger partial charge in [-0.1, -0.05) is 17.7 Å². The summed E-state index contributed by atoms with van der Waals surface area (Å²) in [7, 11) is 4.50.